The van der Waals surface area contributed by atoms with Crippen molar-refractivity contribution in [2.75, 3.05) is 36.4 Å². The van der Waals surface area contributed by atoms with Gasteiger partial charge in [0.05, 0.1) is 5.56 Å². The standard InChI is InChI=1S/C19H18BrF2N3O2S/c1-11-8-13(20)2-3-16(11)24-4-6-25(7-5-24)19(28)23-17-14(21)9-12(18(26)27)10-15(17)22/h2-3,8-10H,4-7H2,1H3,(H,23,28)(H,26,27). The van der Waals surface area contributed by atoms with Crippen LogP contribution in [-0.4, -0.2) is 47.3 Å². The first kappa shape index (κ1) is 20.5. The number of nitrogens with one attached hydrogen (secondary N) is 1. The number of aryl methyl sites for hydroxylation is 1. The zero-order valence-electron chi connectivity index (χ0n) is 15.0. The number of hydrogen-bond donors (Lipinski definition) is 2. The molecule has 0 spiro atoms. The lowest BCUT2D eigenvalue weighted by Gasteiger charge is -2.38. The largest absolute Gasteiger partial charge is 0.478 e. The number of nitrogens with zero attached hydrogens (tertiary/aromatic N) is 2. The summed E-state index contributed by atoms with van der Waals surface area (Å²) in [5.74, 6) is -3.39. The number of anilines is 2. The number of thiocarbonyl (C=S) groups is 1. The number of carboxylic acid groups (broad SMARTS) is 1. The number of halogens is 3. The van der Waals surface area contributed by atoms with Crippen LogP contribution >= 0.6 is 28.1 Å². The minimum absolute atomic E-state index is 0.202. The Kier molecular flexibility index (Phi) is 6.14. The van der Waals surface area contributed by atoms with E-state index >= 15 is 0 Å². The molecule has 2 aromatic carbocycles. The van der Waals surface area contributed by atoms with E-state index in [1.54, 1.807) is 0 Å². The summed E-state index contributed by atoms with van der Waals surface area (Å²) < 4.78 is 29.2. The minimum Gasteiger partial charge on any atom is -0.478 e. The van der Waals surface area contributed by atoms with Crippen LogP contribution < -0.4 is 10.2 Å². The number of hydrogen-bond acceptors (Lipinski definition) is 3. The number of benzene rings is 2. The molecule has 0 unspecified atom stereocenters. The first-order valence-corrected chi connectivity index (χ1v) is 9.75. The zero-order valence-corrected chi connectivity index (χ0v) is 17.4. The van der Waals surface area contributed by atoms with Gasteiger partial charge in [-0.05, 0) is 55.0 Å². The highest BCUT2D eigenvalue weighted by molar-refractivity contribution is 9.10. The van der Waals surface area contributed by atoms with E-state index in [1.165, 1.54) is 0 Å². The van der Waals surface area contributed by atoms with Crippen LogP contribution in [0.4, 0.5) is 20.2 Å². The predicted octanol–water partition coefficient (Wildman–Crippen LogP) is 4.25. The van der Waals surface area contributed by atoms with Gasteiger partial charge in [-0.1, -0.05) is 15.9 Å². The Morgan fingerprint density at radius 3 is 2.29 bits per heavy atom. The van der Waals surface area contributed by atoms with E-state index in [0.717, 1.165) is 27.9 Å². The summed E-state index contributed by atoms with van der Waals surface area (Å²) in [6.07, 6.45) is 0. The van der Waals surface area contributed by atoms with Crippen molar-refractivity contribution < 1.29 is 18.7 Å². The predicted molar refractivity (Wildman–Crippen MR) is 112 cm³/mol. The van der Waals surface area contributed by atoms with Crippen molar-refractivity contribution >= 4 is 50.6 Å². The summed E-state index contributed by atoms with van der Waals surface area (Å²) in [7, 11) is 0. The third-order valence-electron chi connectivity index (χ3n) is 4.59. The molecule has 9 heteroatoms. The van der Waals surface area contributed by atoms with Gasteiger partial charge in [-0.2, -0.15) is 0 Å². The van der Waals surface area contributed by atoms with E-state index in [4.69, 9.17) is 17.3 Å². The first-order valence-electron chi connectivity index (χ1n) is 8.55. The number of piperazine rings is 1. The molecule has 28 heavy (non-hydrogen) atoms. The van der Waals surface area contributed by atoms with Crippen molar-refractivity contribution in [2.24, 2.45) is 0 Å². The summed E-state index contributed by atoms with van der Waals surface area (Å²) in [5, 5.41) is 11.6. The van der Waals surface area contributed by atoms with Crippen LogP contribution in [0.1, 0.15) is 15.9 Å². The van der Waals surface area contributed by atoms with Crippen molar-refractivity contribution in [3.63, 3.8) is 0 Å². The topological polar surface area (TPSA) is 55.8 Å². The highest BCUT2D eigenvalue weighted by atomic mass is 79.9. The van der Waals surface area contributed by atoms with Gasteiger partial charge in [-0.3, -0.25) is 0 Å². The van der Waals surface area contributed by atoms with Crippen LogP contribution in [0.2, 0.25) is 0 Å². The lowest BCUT2D eigenvalue weighted by molar-refractivity contribution is 0.0696. The fourth-order valence-corrected chi connectivity index (χ4v) is 3.89. The third-order valence-corrected chi connectivity index (χ3v) is 5.44. The summed E-state index contributed by atoms with van der Waals surface area (Å²) in [6.45, 7) is 4.67. The van der Waals surface area contributed by atoms with E-state index in [0.29, 0.717) is 26.2 Å². The normalized spacial score (nSPS) is 14.1. The Hall–Kier alpha value is -2.26. The Bertz CT molecular complexity index is 910. The SMILES string of the molecule is Cc1cc(Br)ccc1N1CCN(C(=S)Nc2c(F)cc(C(=O)O)cc2F)CC1. The summed E-state index contributed by atoms with van der Waals surface area (Å²) in [6, 6.07) is 7.64. The fourth-order valence-electron chi connectivity index (χ4n) is 3.13. The first-order chi connectivity index (χ1) is 13.3. The van der Waals surface area contributed by atoms with E-state index in [1.807, 2.05) is 17.9 Å². The summed E-state index contributed by atoms with van der Waals surface area (Å²) >= 11 is 8.76. The quantitative estimate of drug-likeness (QED) is 0.655. The van der Waals surface area contributed by atoms with E-state index in [9.17, 15) is 13.6 Å². The molecule has 1 aliphatic rings. The molecular weight excluding hydrogens is 452 g/mol. The molecule has 0 bridgehead atoms. The van der Waals surface area contributed by atoms with Gasteiger partial charge in [0.25, 0.3) is 0 Å². The van der Waals surface area contributed by atoms with Crippen LogP contribution in [0, 0.1) is 18.6 Å². The maximum absolute atomic E-state index is 14.1. The van der Waals surface area contributed by atoms with Gasteiger partial charge in [0, 0.05) is 36.3 Å². The van der Waals surface area contributed by atoms with Crippen molar-refractivity contribution in [1.82, 2.24) is 4.90 Å². The number of aromatic carboxylic acids is 1. The molecule has 2 aromatic rings. The summed E-state index contributed by atoms with van der Waals surface area (Å²) in [4.78, 5) is 15.0. The van der Waals surface area contributed by atoms with Crippen LogP contribution in [-0.2, 0) is 0 Å². The number of carbonyl (C=O) groups is 1. The zero-order chi connectivity index (χ0) is 20.4. The molecule has 0 radical (unpaired) electrons. The van der Waals surface area contributed by atoms with Gasteiger partial charge in [0.2, 0.25) is 0 Å². The molecule has 2 N–H and O–H groups in total. The van der Waals surface area contributed by atoms with Crippen LogP contribution in [0.5, 0.6) is 0 Å². The van der Waals surface area contributed by atoms with Gasteiger partial charge >= 0.3 is 5.97 Å². The van der Waals surface area contributed by atoms with Crippen molar-refractivity contribution in [3.05, 3.63) is 57.6 Å². The number of carboxylic acids is 1. The highest BCUT2D eigenvalue weighted by Gasteiger charge is 2.22. The molecule has 1 aliphatic heterocycles. The maximum Gasteiger partial charge on any atom is 0.335 e. The average Bonchev–Trinajstić information content (AvgIpc) is 2.64. The van der Waals surface area contributed by atoms with Gasteiger partial charge in [-0.15, -0.1) is 0 Å². The Balaban J connectivity index is 1.65. The molecule has 1 saturated heterocycles. The fraction of sp³-hybridized carbons (Fsp3) is 0.263. The second kappa shape index (κ2) is 8.40. The second-order valence-corrected chi connectivity index (χ2v) is 7.76. The number of rotatable bonds is 3. The van der Waals surface area contributed by atoms with Crippen molar-refractivity contribution in [3.8, 4) is 0 Å². The molecule has 0 aliphatic carbocycles. The van der Waals surface area contributed by atoms with Crippen LogP contribution in [0.25, 0.3) is 0 Å². The van der Waals surface area contributed by atoms with Gasteiger partial charge in [0.15, 0.2) is 16.7 Å². The smallest absolute Gasteiger partial charge is 0.335 e. The molecule has 5 nitrogen and oxygen atoms in total. The molecule has 148 valence electrons. The highest BCUT2D eigenvalue weighted by Crippen LogP contribution is 2.26. The molecule has 0 aromatic heterocycles. The van der Waals surface area contributed by atoms with E-state index in [-0.39, 0.29) is 5.11 Å². The average molecular weight is 470 g/mol. The van der Waals surface area contributed by atoms with E-state index < -0.39 is 28.9 Å². The molecular formula is C19H18BrF2N3O2S. The Morgan fingerprint density at radius 2 is 1.75 bits per heavy atom. The lowest BCUT2D eigenvalue weighted by atomic mass is 10.1. The second-order valence-electron chi connectivity index (χ2n) is 6.46. The van der Waals surface area contributed by atoms with Crippen molar-refractivity contribution in [2.45, 2.75) is 6.92 Å². The molecule has 3 rings (SSSR count). The Labute approximate surface area is 175 Å². The molecule has 1 heterocycles. The van der Waals surface area contributed by atoms with Gasteiger partial charge in [0.1, 0.15) is 5.69 Å². The molecule has 0 amide bonds. The minimum atomic E-state index is -1.40. The Morgan fingerprint density at radius 1 is 1.14 bits per heavy atom. The van der Waals surface area contributed by atoms with Crippen LogP contribution in [0.15, 0.2) is 34.8 Å². The summed E-state index contributed by atoms with van der Waals surface area (Å²) in [5.41, 5.74) is 1.40. The van der Waals surface area contributed by atoms with Crippen molar-refractivity contribution in [1.29, 1.82) is 0 Å². The molecule has 0 saturated carbocycles. The third kappa shape index (κ3) is 4.41. The monoisotopic (exact) mass is 469 g/mol. The van der Waals surface area contributed by atoms with Gasteiger partial charge in [-0.25, -0.2) is 13.6 Å². The van der Waals surface area contributed by atoms with Crippen LogP contribution in [0.3, 0.4) is 0 Å². The maximum atomic E-state index is 14.1. The lowest BCUT2D eigenvalue weighted by Crippen LogP contribution is -2.50. The molecule has 1 fully saturated rings. The van der Waals surface area contributed by atoms with E-state index in [2.05, 4.69) is 38.3 Å². The van der Waals surface area contributed by atoms with Gasteiger partial charge < -0.3 is 20.2 Å². The molecule has 0 atom stereocenters.